The summed E-state index contributed by atoms with van der Waals surface area (Å²) >= 11 is 0. The van der Waals surface area contributed by atoms with Crippen LogP contribution in [0.5, 0.6) is 5.75 Å². The molecule has 0 aromatic carbocycles. The number of nitrogens with zero attached hydrogens (tertiary/aromatic N) is 1. The number of ether oxygens (including phenoxy) is 1. The van der Waals surface area contributed by atoms with Gasteiger partial charge in [-0.05, 0) is 25.0 Å². The summed E-state index contributed by atoms with van der Waals surface area (Å²) in [7, 11) is 0. The molecule has 4 heteroatoms. The number of aromatic nitrogens is 1. The molecule has 1 fully saturated rings. The fraction of sp³-hybridized carbons (Fsp3) is 0.400. The van der Waals surface area contributed by atoms with Crippen molar-refractivity contribution in [1.29, 1.82) is 0 Å². The van der Waals surface area contributed by atoms with Crippen molar-refractivity contribution in [2.24, 2.45) is 5.92 Å². The van der Waals surface area contributed by atoms with Crippen LogP contribution in [0.2, 0.25) is 0 Å². The lowest BCUT2D eigenvalue weighted by Gasteiger charge is -2.05. The van der Waals surface area contributed by atoms with Crippen molar-refractivity contribution in [2.75, 3.05) is 0 Å². The van der Waals surface area contributed by atoms with Gasteiger partial charge in [-0.25, -0.2) is 0 Å². The number of hydrogen-bond donors (Lipinski definition) is 1. The molecule has 0 radical (unpaired) electrons. The van der Waals surface area contributed by atoms with Gasteiger partial charge in [0.15, 0.2) is 5.75 Å². The minimum Gasteiger partial charge on any atom is -0.424 e. The van der Waals surface area contributed by atoms with Gasteiger partial charge in [0.2, 0.25) is 0 Å². The van der Waals surface area contributed by atoms with Gasteiger partial charge in [-0.2, -0.15) is 0 Å². The van der Waals surface area contributed by atoms with Gasteiger partial charge in [-0.1, -0.05) is 0 Å². The molecule has 1 heterocycles. The van der Waals surface area contributed by atoms with Gasteiger partial charge in [0.25, 0.3) is 0 Å². The minimum atomic E-state index is -0.215. The molecule has 0 atom stereocenters. The molecule has 0 spiro atoms. The number of aliphatic hydroxyl groups is 1. The van der Waals surface area contributed by atoms with Crippen LogP contribution < -0.4 is 4.74 Å². The maximum Gasteiger partial charge on any atom is 0.314 e. The van der Waals surface area contributed by atoms with Crippen LogP contribution in [0.3, 0.4) is 0 Å². The molecule has 0 amide bonds. The lowest BCUT2D eigenvalue weighted by Crippen LogP contribution is -2.11. The van der Waals surface area contributed by atoms with Crippen molar-refractivity contribution in [3.8, 4) is 5.75 Å². The molecule has 0 saturated heterocycles. The third-order valence-corrected chi connectivity index (χ3v) is 2.12. The first-order valence-corrected chi connectivity index (χ1v) is 4.57. The Morgan fingerprint density at radius 2 is 2.43 bits per heavy atom. The van der Waals surface area contributed by atoms with Crippen molar-refractivity contribution in [3.05, 3.63) is 24.0 Å². The largest absolute Gasteiger partial charge is 0.424 e. The highest BCUT2D eigenvalue weighted by atomic mass is 16.5. The van der Waals surface area contributed by atoms with Crippen LogP contribution in [0.4, 0.5) is 0 Å². The molecule has 2 rings (SSSR count). The average Bonchev–Trinajstić information content (AvgIpc) is 3.02. The molecule has 1 saturated carbocycles. The molecular weight excluding hydrogens is 182 g/mol. The SMILES string of the molecule is O=C(Oc1cccnc1CO)C1CC1. The van der Waals surface area contributed by atoms with E-state index < -0.39 is 0 Å². The number of pyridine rings is 1. The van der Waals surface area contributed by atoms with E-state index in [0.29, 0.717) is 11.4 Å². The zero-order valence-corrected chi connectivity index (χ0v) is 7.64. The molecular formula is C10H11NO3. The summed E-state index contributed by atoms with van der Waals surface area (Å²) in [6, 6.07) is 3.31. The van der Waals surface area contributed by atoms with Crippen molar-refractivity contribution in [1.82, 2.24) is 4.98 Å². The quantitative estimate of drug-likeness (QED) is 0.724. The van der Waals surface area contributed by atoms with Crippen molar-refractivity contribution < 1.29 is 14.6 Å². The summed E-state index contributed by atoms with van der Waals surface area (Å²) in [6.45, 7) is -0.214. The van der Waals surface area contributed by atoms with Gasteiger partial charge in [0, 0.05) is 6.20 Å². The predicted octanol–water partition coefficient (Wildman–Crippen LogP) is 0.889. The van der Waals surface area contributed by atoms with Gasteiger partial charge in [-0.15, -0.1) is 0 Å². The van der Waals surface area contributed by atoms with Crippen LogP contribution in [-0.2, 0) is 11.4 Å². The van der Waals surface area contributed by atoms with Crippen LogP contribution in [0.15, 0.2) is 18.3 Å². The van der Waals surface area contributed by atoms with E-state index in [1.54, 1.807) is 18.3 Å². The van der Waals surface area contributed by atoms with Gasteiger partial charge in [0.1, 0.15) is 5.69 Å². The fourth-order valence-electron chi connectivity index (χ4n) is 1.15. The molecule has 74 valence electrons. The lowest BCUT2D eigenvalue weighted by molar-refractivity contribution is -0.135. The second kappa shape index (κ2) is 3.75. The average molecular weight is 193 g/mol. The van der Waals surface area contributed by atoms with Gasteiger partial charge in [0.05, 0.1) is 12.5 Å². The topological polar surface area (TPSA) is 59.4 Å². The van der Waals surface area contributed by atoms with E-state index in [1.807, 2.05) is 0 Å². The first kappa shape index (κ1) is 9.15. The van der Waals surface area contributed by atoms with Crippen molar-refractivity contribution >= 4 is 5.97 Å². The maximum absolute atomic E-state index is 11.3. The van der Waals surface area contributed by atoms with Crippen LogP contribution >= 0.6 is 0 Å². The van der Waals surface area contributed by atoms with E-state index in [1.165, 1.54) is 0 Å². The smallest absolute Gasteiger partial charge is 0.314 e. The highest BCUT2D eigenvalue weighted by Crippen LogP contribution is 2.31. The Kier molecular flexibility index (Phi) is 2.45. The van der Waals surface area contributed by atoms with E-state index in [-0.39, 0.29) is 18.5 Å². The Hall–Kier alpha value is -1.42. The third-order valence-electron chi connectivity index (χ3n) is 2.12. The summed E-state index contributed by atoms with van der Waals surface area (Å²) in [6.07, 6.45) is 3.38. The summed E-state index contributed by atoms with van der Waals surface area (Å²) < 4.78 is 5.10. The fourth-order valence-corrected chi connectivity index (χ4v) is 1.15. The standard InChI is InChI=1S/C10H11NO3/c12-6-8-9(2-1-5-11-8)14-10(13)7-3-4-7/h1-2,5,7,12H,3-4,6H2. The Labute approximate surface area is 81.5 Å². The molecule has 0 bridgehead atoms. The minimum absolute atomic E-state index is 0.0572. The first-order valence-electron chi connectivity index (χ1n) is 4.57. The lowest BCUT2D eigenvalue weighted by atomic mass is 10.3. The number of hydrogen-bond acceptors (Lipinski definition) is 4. The normalized spacial score (nSPS) is 15.2. The molecule has 0 unspecified atom stereocenters. The molecule has 4 nitrogen and oxygen atoms in total. The van der Waals surface area contributed by atoms with Crippen molar-refractivity contribution in [2.45, 2.75) is 19.4 Å². The Morgan fingerprint density at radius 3 is 3.07 bits per heavy atom. The van der Waals surface area contributed by atoms with Crippen LogP contribution in [-0.4, -0.2) is 16.1 Å². The molecule has 1 aromatic heterocycles. The monoisotopic (exact) mass is 193 g/mol. The molecule has 1 aliphatic rings. The highest BCUT2D eigenvalue weighted by Gasteiger charge is 2.32. The molecule has 1 N–H and O–H groups in total. The third kappa shape index (κ3) is 1.90. The van der Waals surface area contributed by atoms with E-state index in [0.717, 1.165) is 12.8 Å². The first-order chi connectivity index (χ1) is 6.81. The second-order valence-electron chi connectivity index (χ2n) is 3.30. The van der Waals surface area contributed by atoms with E-state index in [9.17, 15) is 4.79 Å². The number of carbonyl (C=O) groups excluding carboxylic acids is 1. The van der Waals surface area contributed by atoms with E-state index in [4.69, 9.17) is 9.84 Å². The number of carbonyl (C=O) groups is 1. The van der Waals surface area contributed by atoms with Gasteiger partial charge < -0.3 is 9.84 Å². The number of rotatable bonds is 3. The zero-order chi connectivity index (χ0) is 9.97. The van der Waals surface area contributed by atoms with Gasteiger partial charge in [-0.3, -0.25) is 9.78 Å². The van der Waals surface area contributed by atoms with E-state index in [2.05, 4.69) is 4.98 Å². The Balaban J connectivity index is 2.10. The summed E-state index contributed by atoms with van der Waals surface area (Å²) in [5.74, 6) is 0.210. The van der Waals surface area contributed by atoms with Gasteiger partial charge >= 0.3 is 5.97 Å². The zero-order valence-electron chi connectivity index (χ0n) is 7.64. The summed E-state index contributed by atoms with van der Waals surface area (Å²) in [5, 5.41) is 8.93. The molecule has 0 aliphatic heterocycles. The van der Waals surface area contributed by atoms with E-state index >= 15 is 0 Å². The predicted molar refractivity (Wildman–Crippen MR) is 48.5 cm³/mol. The molecule has 14 heavy (non-hydrogen) atoms. The summed E-state index contributed by atoms with van der Waals surface area (Å²) in [5.41, 5.74) is 0.404. The highest BCUT2D eigenvalue weighted by molar-refractivity contribution is 5.77. The van der Waals surface area contributed by atoms with Crippen LogP contribution in [0.25, 0.3) is 0 Å². The Bertz CT molecular complexity index is 347. The van der Waals surface area contributed by atoms with Crippen LogP contribution in [0.1, 0.15) is 18.5 Å². The van der Waals surface area contributed by atoms with Crippen LogP contribution in [0, 0.1) is 5.92 Å². The Morgan fingerprint density at radius 1 is 1.64 bits per heavy atom. The molecule has 1 aliphatic carbocycles. The number of aliphatic hydroxyl groups excluding tert-OH is 1. The van der Waals surface area contributed by atoms with Crippen molar-refractivity contribution in [3.63, 3.8) is 0 Å². The maximum atomic E-state index is 11.3. The second-order valence-corrected chi connectivity index (χ2v) is 3.30. The molecule has 1 aromatic rings. The number of esters is 1. The summed E-state index contributed by atoms with van der Waals surface area (Å²) in [4.78, 5) is 15.2.